The minimum Gasteiger partial charge on any atom is -0.359 e. The van der Waals surface area contributed by atoms with Gasteiger partial charge >= 0.3 is 0 Å². The van der Waals surface area contributed by atoms with Gasteiger partial charge in [0.2, 0.25) is 5.91 Å². The number of fused-ring (bicyclic) bond motifs is 1. The molecule has 0 saturated heterocycles. The number of aromatic nitrogens is 2. The van der Waals surface area contributed by atoms with Crippen molar-refractivity contribution in [3.63, 3.8) is 0 Å². The van der Waals surface area contributed by atoms with Crippen LogP contribution in [0.3, 0.4) is 0 Å². The number of carbonyl (C=O) groups excluding carboxylic acids is 1. The van der Waals surface area contributed by atoms with Crippen LogP contribution in [0.2, 0.25) is 5.02 Å². The summed E-state index contributed by atoms with van der Waals surface area (Å²) in [4.78, 5) is 22.1. The lowest BCUT2D eigenvalue weighted by molar-refractivity contribution is -0.130. The first-order valence-electron chi connectivity index (χ1n) is 8.34. The molecule has 0 atom stereocenters. The van der Waals surface area contributed by atoms with Crippen LogP contribution in [0, 0.1) is 0 Å². The maximum absolute atomic E-state index is 12.5. The van der Waals surface area contributed by atoms with Crippen LogP contribution in [0.15, 0.2) is 54.9 Å². The molecule has 25 heavy (non-hydrogen) atoms. The number of hydrogen-bond acceptors (Lipinski definition) is 2. The largest absolute Gasteiger partial charge is 0.359 e. The third kappa shape index (κ3) is 3.30. The van der Waals surface area contributed by atoms with E-state index in [2.05, 4.69) is 16.0 Å². The van der Waals surface area contributed by atoms with E-state index >= 15 is 0 Å². The molecule has 126 valence electrons. The molecule has 4 rings (SSSR count). The maximum Gasteiger partial charge on any atom is 0.227 e. The van der Waals surface area contributed by atoms with E-state index < -0.39 is 0 Å². The normalized spacial score (nSPS) is 14.6. The van der Waals surface area contributed by atoms with Gasteiger partial charge in [0.05, 0.1) is 17.5 Å². The molecule has 0 bridgehead atoms. The highest BCUT2D eigenvalue weighted by molar-refractivity contribution is 6.30. The summed E-state index contributed by atoms with van der Waals surface area (Å²) < 4.78 is 0. The topological polar surface area (TPSA) is 49.0 Å². The molecular weight excluding hydrogens is 334 g/mol. The Kier molecular flexibility index (Phi) is 4.28. The third-order valence-corrected chi connectivity index (χ3v) is 4.82. The highest BCUT2D eigenvalue weighted by atomic mass is 35.5. The van der Waals surface area contributed by atoms with Crippen LogP contribution in [0.5, 0.6) is 0 Å². The van der Waals surface area contributed by atoms with Gasteiger partial charge in [-0.25, -0.2) is 0 Å². The van der Waals surface area contributed by atoms with Crippen LogP contribution >= 0.6 is 11.6 Å². The number of aromatic amines is 1. The van der Waals surface area contributed by atoms with Gasteiger partial charge in [-0.1, -0.05) is 29.8 Å². The van der Waals surface area contributed by atoms with Crippen molar-refractivity contribution in [2.24, 2.45) is 0 Å². The molecule has 4 nitrogen and oxygen atoms in total. The molecule has 1 aromatic carbocycles. The van der Waals surface area contributed by atoms with Gasteiger partial charge in [-0.2, -0.15) is 0 Å². The minimum atomic E-state index is 0.134. The predicted molar refractivity (Wildman–Crippen MR) is 100 cm³/mol. The molecule has 1 aliphatic heterocycles. The van der Waals surface area contributed by atoms with Crippen molar-refractivity contribution in [3.05, 3.63) is 71.0 Å². The molecule has 0 radical (unpaired) electrons. The number of pyridine rings is 1. The summed E-state index contributed by atoms with van der Waals surface area (Å²) in [5.41, 5.74) is 5.37. The molecule has 1 N–H and O–H groups in total. The average Bonchev–Trinajstić information content (AvgIpc) is 3.06. The molecule has 0 aliphatic carbocycles. The second kappa shape index (κ2) is 6.73. The Balaban J connectivity index is 1.47. The number of rotatable bonds is 3. The van der Waals surface area contributed by atoms with Gasteiger partial charge in [0.25, 0.3) is 0 Å². The van der Waals surface area contributed by atoms with Gasteiger partial charge in [-0.05, 0) is 41.8 Å². The first kappa shape index (κ1) is 15.9. The van der Waals surface area contributed by atoms with Crippen molar-refractivity contribution in [1.29, 1.82) is 0 Å². The van der Waals surface area contributed by atoms with Gasteiger partial charge in [0.15, 0.2) is 0 Å². The summed E-state index contributed by atoms with van der Waals surface area (Å²) in [7, 11) is 0. The van der Waals surface area contributed by atoms with E-state index in [1.807, 2.05) is 53.7 Å². The Morgan fingerprint density at radius 2 is 2.20 bits per heavy atom. The minimum absolute atomic E-state index is 0.134. The molecule has 1 aliphatic rings. The Hall–Kier alpha value is -2.59. The number of amides is 1. The number of nitrogens with zero attached hydrogens (tertiary/aromatic N) is 2. The summed E-state index contributed by atoms with van der Waals surface area (Å²) in [5.74, 6) is 0.134. The van der Waals surface area contributed by atoms with Gasteiger partial charge in [0.1, 0.15) is 0 Å². The van der Waals surface area contributed by atoms with Crippen molar-refractivity contribution in [1.82, 2.24) is 14.9 Å². The van der Waals surface area contributed by atoms with E-state index in [0.717, 1.165) is 35.1 Å². The highest BCUT2D eigenvalue weighted by Crippen LogP contribution is 2.28. The Morgan fingerprint density at radius 1 is 1.28 bits per heavy atom. The van der Waals surface area contributed by atoms with Crippen LogP contribution in [0.4, 0.5) is 0 Å². The van der Waals surface area contributed by atoms with Crippen LogP contribution < -0.4 is 0 Å². The lowest BCUT2D eigenvalue weighted by Gasteiger charge is -2.26. The zero-order valence-corrected chi connectivity index (χ0v) is 14.5. The van der Waals surface area contributed by atoms with Crippen molar-refractivity contribution in [3.8, 4) is 0 Å². The Bertz CT molecular complexity index is 960. The number of nitrogens with one attached hydrogen (secondary N) is 1. The zero-order chi connectivity index (χ0) is 17.2. The first-order valence-corrected chi connectivity index (χ1v) is 8.72. The number of carbonyl (C=O) groups is 1. The summed E-state index contributed by atoms with van der Waals surface area (Å²) >= 11 is 5.99. The first-order chi connectivity index (χ1) is 12.2. The molecule has 0 saturated carbocycles. The van der Waals surface area contributed by atoms with Gasteiger partial charge in [-0.3, -0.25) is 9.78 Å². The lowest BCUT2D eigenvalue weighted by atomic mass is 10.0. The molecule has 0 fully saturated rings. The molecule has 0 unspecified atom stereocenters. The van der Waals surface area contributed by atoms with E-state index in [1.165, 1.54) is 5.57 Å². The standard InChI is InChI=1S/C20H18ClN3O/c21-16-4-1-3-14(11-16)12-19(25)24-9-6-15(7-10-24)17-13-23-18-5-2-8-22-20(17)18/h1-6,8,11,13,23H,7,9-10,12H2. The van der Waals surface area contributed by atoms with Gasteiger partial charge in [0, 0.05) is 36.1 Å². The number of H-pyrrole nitrogens is 1. The molecule has 5 heteroatoms. The van der Waals surface area contributed by atoms with E-state index in [4.69, 9.17) is 11.6 Å². The summed E-state index contributed by atoms with van der Waals surface area (Å²) in [5, 5.41) is 0.665. The summed E-state index contributed by atoms with van der Waals surface area (Å²) in [6.45, 7) is 1.36. The molecule has 3 heterocycles. The number of hydrogen-bond donors (Lipinski definition) is 1. The van der Waals surface area contributed by atoms with E-state index in [-0.39, 0.29) is 5.91 Å². The zero-order valence-electron chi connectivity index (χ0n) is 13.7. The molecule has 1 amide bonds. The predicted octanol–water partition coefficient (Wildman–Crippen LogP) is 4.07. The second-order valence-corrected chi connectivity index (χ2v) is 6.66. The van der Waals surface area contributed by atoms with Crippen LogP contribution in [0.1, 0.15) is 17.5 Å². The van der Waals surface area contributed by atoms with E-state index in [9.17, 15) is 4.79 Å². The van der Waals surface area contributed by atoms with Crippen LogP contribution in [-0.2, 0) is 11.2 Å². The van der Waals surface area contributed by atoms with Crippen molar-refractivity contribution < 1.29 is 4.79 Å². The van der Waals surface area contributed by atoms with Crippen molar-refractivity contribution in [2.45, 2.75) is 12.8 Å². The smallest absolute Gasteiger partial charge is 0.227 e. The summed E-state index contributed by atoms with van der Waals surface area (Å²) in [6.07, 6.45) is 7.18. The van der Waals surface area contributed by atoms with Crippen LogP contribution in [-0.4, -0.2) is 33.9 Å². The highest BCUT2D eigenvalue weighted by Gasteiger charge is 2.20. The lowest BCUT2D eigenvalue weighted by Crippen LogP contribution is -2.35. The Labute approximate surface area is 151 Å². The third-order valence-electron chi connectivity index (χ3n) is 4.59. The fourth-order valence-corrected chi connectivity index (χ4v) is 3.49. The number of benzene rings is 1. The second-order valence-electron chi connectivity index (χ2n) is 6.23. The maximum atomic E-state index is 12.5. The van der Waals surface area contributed by atoms with E-state index in [0.29, 0.717) is 18.0 Å². The molecule has 0 spiro atoms. The average molecular weight is 352 g/mol. The Morgan fingerprint density at radius 3 is 3.00 bits per heavy atom. The number of halogens is 1. The fraction of sp³-hybridized carbons (Fsp3) is 0.200. The van der Waals surface area contributed by atoms with Crippen molar-refractivity contribution >= 4 is 34.1 Å². The van der Waals surface area contributed by atoms with E-state index in [1.54, 1.807) is 0 Å². The fourth-order valence-electron chi connectivity index (χ4n) is 3.27. The summed E-state index contributed by atoms with van der Waals surface area (Å²) in [6, 6.07) is 11.4. The SMILES string of the molecule is O=C(Cc1cccc(Cl)c1)N1CC=C(c2c[nH]c3cccnc23)CC1. The van der Waals surface area contributed by atoms with Crippen molar-refractivity contribution in [2.75, 3.05) is 13.1 Å². The quantitative estimate of drug-likeness (QED) is 0.773. The molecule has 2 aromatic heterocycles. The molecule has 3 aromatic rings. The van der Waals surface area contributed by atoms with Crippen LogP contribution in [0.25, 0.3) is 16.6 Å². The van der Waals surface area contributed by atoms with Gasteiger partial charge < -0.3 is 9.88 Å². The van der Waals surface area contributed by atoms with Gasteiger partial charge in [-0.15, -0.1) is 0 Å². The monoisotopic (exact) mass is 351 g/mol. The molecular formula is C20H18ClN3O.